The minimum absolute atomic E-state index is 0.00762. The Kier molecular flexibility index (Phi) is 4.26. The Morgan fingerprint density at radius 2 is 1.96 bits per heavy atom. The lowest BCUT2D eigenvalue weighted by molar-refractivity contribution is 0.474. The van der Waals surface area contributed by atoms with Crippen molar-refractivity contribution in [2.75, 3.05) is 5.32 Å². The molecule has 0 radical (unpaired) electrons. The number of aromatic nitrogens is 3. The Bertz CT molecular complexity index is 1080. The smallest absolute Gasteiger partial charge is 0.130 e. The summed E-state index contributed by atoms with van der Waals surface area (Å²) >= 11 is 1.62. The highest BCUT2D eigenvalue weighted by molar-refractivity contribution is 7.16. The molecule has 26 heavy (non-hydrogen) atoms. The summed E-state index contributed by atoms with van der Waals surface area (Å²) in [5.41, 5.74) is 5.76. The molecule has 2 aromatic heterocycles. The molecule has 0 unspecified atom stereocenters. The Morgan fingerprint density at radius 3 is 2.81 bits per heavy atom. The van der Waals surface area contributed by atoms with Crippen molar-refractivity contribution in [3.8, 4) is 17.0 Å². The summed E-state index contributed by atoms with van der Waals surface area (Å²) in [7, 11) is 0. The normalized spacial score (nSPS) is 12.2. The van der Waals surface area contributed by atoms with Crippen LogP contribution in [0.1, 0.15) is 24.4 Å². The molecule has 0 saturated carbocycles. The van der Waals surface area contributed by atoms with Crippen molar-refractivity contribution in [2.45, 2.75) is 19.9 Å². The Balaban J connectivity index is 1.65. The van der Waals surface area contributed by atoms with Crippen LogP contribution in [0.2, 0.25) is 0 Å². The van der Waals surface area contributed by atoms with Crippen LogP contribution in [-0.4, -0.2) is 20.1 Å². The quantitative estimate of drug-likeness (QED) is 0.538. The number of hydrogen-bond acceptors (Lipinski definition) is 6. The van der Waals surface area contributed by atoms with Gasteiger partial charge in [0.2, 0.25) is 0 Å². The molecule has 0 bridgehead atoms. The molecule has 0 fully saturated rings. The third kappa shape index (κ3) is 3.36. The number of rotatable bonds is 4. The highest BCUT2D eigenvalue weighted by atomic mass is 32.1. The van der Waals surface area contributed by atoms with E-state index >= 15 is 0 Å². The second-order valence-corrected chi connectivity index (χ2v) is 7.07. The van der Waals surface area contributed by atoms with Gasteiger partial charge in [-0.3, -0.25) is 0 Å². The number of thiazole rings is 1. The van der Waals surface area contributed by atoms with Crippen LogP contribution in [0, 0.1) is 6.92 Å². The van der Waals surface area contributed by atoms with E-state index in [4.69, 9.17) is 0 Å². The zero-order valence-corrected chi connectivity index (χ0v) is 15.3. The topological polar surface area (TPSA) is 70.9 Å². The van der Waals surface area contributed by atoms with Crippen LogP contribution in [0.4, 0.5) is 5.82 Å². The van der Waals surface area contributed by atoms with Crippen molar-refractivity contribution in [3.63, 3.8) is 0 Å². The molecule has 4 aromatic rings. The van der Waals surface area contributed by atoms with E-state index in [1.807, 2.05) is 49.7 Å². The number of benzene rings is 2. The van der Waals surface area contributed by atoms with Crippen LogP contribution in [0.15, 0.2) is 54.0 Å². The summed E-state index contributed by atoms with van der Waals surface area (Å²) in [6, 6.07) is 15.4. The van der Waals surface area contributed by atoms with Crippen LogP contribution in [0.25, 0.3) is 21.5 Å². The highest BCUT2D eigenvalue weighted by Gasteiger charge is 2.10. The van der Waals surface area contributed by atoms with Crippen molar-refractivity contribution >= 4 is 27.4 Å². The molecular weight excluding hydrogens is 344 g/mol. The third-order valence-corrected chi connectivity index (χ3v) is 4.99. The lowest BCUT2D eigenvalue weighted by Gasteiger charge is -2.16. The minimum Gasteiger partial charge on any atom is -0.508 e. The van der Waals surface area contributed by atoms with Gasteiger partial charge in [-0.05, 0) is 43.7 Å². The van der Waals surface area contributed by atoms with Gasteiger partial charge in [0.05, 0.1) is 27.5 Å². The average Bonchev–Trinajstić information content (AvgIpc) is 3.09. The second kappa shape index (κ2) is 6.72. The lowest BCUT2D eigenvalue weighted by atomic mass is 10.1. The lowest BCUT2D eigenvalue weighted by Crippen LogP contribution is -2.09. The molecule has 0 aliphatic rings. The van der Waals surface area contributed by atoms with E-state index in [0.29, 0.717) is 5.82 Å². The number of nitrogens with one attached hydrogen (secondary N) is 1. The number of aromatic hydroxyl groups is 1. The number of fused-ring (bicyclic) bond motifs is 1. The summed E-state index contributed by atoms with van der Waals surface area (Å²) in [5.74, 6) is 1.72. The maximum absolute atomic E-state index is 9.68. The van der Waals surface area contributed by atoms with E-state index in [-0.39, 0.29) is 11.8 Å². The molecule has 1 atom stereocenters. The first-order valence-electron chi connectivity index (χ1n) is 8.33. The number of phenols is 1. The fourth-order valence-electron chi connectivity index (χ4n) is 2.90. The van der Waals surface area contributed by atoms with Crippen LogP contribution in [0.3, 0.4) is 0 Å². The maximum atomic E-state index is 9.68. The van der Waals surface area contributed by atoms with Crippen molar-refractivity contribution in [1.82, 2.24) is 15.0 Å². The van der Waals surface area contributed by atoms with Crippen LogP contribution >= 0.6 is 11.3 Å². The van der Waals surface area contributed by atoms with Gasteiger partial charge in [0.15, 0.2) is 0 Å². The largest absolute Gasteiger partial charge is 0.508 e. The Morgan fingerprint density at radius 1 is 1.08 bits per heavy atom. The van der Waals surface area contributed by atoms with Gasteiger partial charge in [0, 0.05) is 11.6 Å². The van der Waals surface area contributed by atoms with E-state index < -0.39 is 0 Å². The van der Waals surface area contributed by atoms with Gasteiger partial charge in [-0.1, -0.05) is 18.2 Å². The number of nitrogens with zero attached hydrogens (tertiary/aromatic N) is 3. The average molecular weight is 362 g/mol. The molecule has 0 spiro atoms. The van der Waals surface area contributed by atoms with E-state index in [0.717, 1.165) is 32.9 Å². The number of hydrogen-bond donors (Lipinski definition) is 2. The zero-order valence-electron chi connectivity index (χ0n) is 14.5. The molecule has 0 aliphatic heterocycles. The van der Waals surface area contributed by atoms with E-state index in [1.165, 1.54) is 0 Å². The molecule has 6 heteroatoms. The van der Waals surface area contributed by atoms with Crippen LogP contribution < -0.4 is 5.32 Å². The van der Waals surface area contributed by atoms with Gasteiger partial charge in [-0.25, -0.2) is 15.0 Å². The fourth-order valence-corrected chi connectivity index (χ4v) is 3.62. The van der Waals surface area contributed by atoms with E-state index in [9.17, 15) is 5.11 Å². The molecular formula is C20H18N4OS. The SMILES string of the molecule is Cc1nc(N[C@@H](C)c2cccc(O)c2)cc(-c2ccc3ncsc3c2)n1. The van der Waals surface area contributed by atoms with E-state index in [2.05, 4.69) is 26.3 Å². The van der Waals surface area contributed by atoms with Gasteiger partial charge in [0.25, 0.3) is 0 Å². The number of anilines is 1. The maximum Gasteiger partial charge on any atom is 0.130 e. The molecule has 0 amide bonds. The molecule has 0 aliphatic carbocycles. The van der Waals surface area contributed by atoms with Gasteiger partial charge in [0.1, 0.15) is 17.4 Å². The summed E-state index contributed by atoms with van der Waals surface area (Å²) in [4.78, 5) is 13.4. The van der Waals surface area contributed by atoms with E-state index in [1.54, 1.807) is 23.5 Å². The minimum atomic E-state index is 0.00762. The summed E-state index contributed by atoms with van der Waals surface area (Å²) < 4.78 is 1.14. The summed E-state index contributed by atoms with van der Waals surface area (Å²) in [5, 5.41) is 13.1. The Hall–Kier alpha value is -2.99. The molecule has 2 aromatic carbocycles. The van der Waals surface area contributed by atoms with Crippen LogP contribution in [0.5, 0.6) is 5.75 Å². The first-order chi connectivity index (χ1) is 12.6. The Labute approximate surface area is 155 Å². The fraction of sp³-hybridized carbons (Fsp3) is 0.150. The second-order valence-electron chi connectivity index (χ2n) is 6.18. The van der Waals surface area contributed by atoms with Crippen molar-refractivity contribution in [3.05, 3.63) is 65.4 Å². The van der Waals surface area contributed by atoms with Crippen molar-refractivity contribution in [1.29, 1.82) is 0 Å². The zero-order chi connectivity index (χ0) is 18.1. The van der Waals surface area contributed by atoms with Gasteiger partial charge in [-0.2, -0.15) is 0 Å². The number of aryl methyl sites for hydroxylation is 1. The standard InChI is InChI=1S/C20H18N4OS/c1-12(14-4-3-5-16(25)8-14)22-20-10-18(23-13(2)24-20)15-6-7-17-19(9-15)26-11-21-17/h3-12,25H,1-2H3,(H,22,23,24)/t12-/m0/s1. The van der Waals surface area contributed by atoms with Gasteiger partial charge >= 0.3 is 0 Å². The third-order valence-electron chi connectivity index (χ3n) is 4.20. The molecule has 0 saturated heterocycles. The van der Waals surface area contributed by atoms with Crippen molar-refractivity contribution in [2.24, 2.45) is 0 Å². The first kappa shape index (κ1) is 16.5. The van der Waals surface area contributed by atoms with Gasteiger partial charge < -0.3 is 10.4 Å². The van der Waals surface area contributed by atoms with Crippen molar-refractivity contribution < 1.29 is 5.11 Å². The molecule has 4 rings (SSSR count). The molecule has 2 N–H and O–H groups in total. The highest BCUT2D eigenvalue weighted by Crippen LogP contribution is 2.27. The van der Waals surface area contributed by atoms with Crippen LogP contribution in [-0.2, 0) is 0 Å². The monoisotopic (exact) mass is 362 g/mol. The summed E-state index contributed by atoms with van der Waals surface area (Å²) in [6.07, 6.45) is 0. The predicted octanol–water partition coefficient (Wildman–Crippen LogP) is 4.94. The first-order valence-corrected chi connectivity index (χ1v) is 9.21. The number of phenolic OH excluding ortho intramolecular Hbond substituents is 1. The molecule has 130 valence electrons. The predicted molar refractivity (Wildman–Crippen MR) is 106 cm³/mol. The summed E-state index contributed by atoms with van der Waals surface area (Å²) in [6.45, 7) is 3.92. The molecule has 2 heterocycles. The molecule has 5 nitrogen and oxygen atoms in total. The van der Waals surface area contributed by atoms with Gasteiger partial charge in [-0.15, -0.1) is 11.3 Å².